The number of carboxylic acid groups (broad SMARTS) is 1. The van der Waals surface area contributed by atoms with Gasteiger partial charge in [-0.2, -0.15) is 5.10 Å². The third-order valence-electron chi connectivity index (χ3n) is 7.55. The Kier molecular flexibility index (Phi) is 17.1. The molecule has 6 amide bonds. The number of hydrogen-bond acceptors (Lipinski definition) is 13. The molecule has 0 fully saturated rings. The molecule has 50 heavy (non-hydrogen) atoms. The summed E-state index contributed by atoms with van der Waals surface area (Å²) < 4.78 is 0. The summed E-state index contributed by atoms with van der Waals surface area (Å²) in [6, 6.07) is -7.91. The molecule has 282 valence electrons. The van der Waals surface area contributed by atoms with Gasteiger partial charge < -0.3 is 58.5 Å². The van der Waals surface area contributed by atoms with Gasteiger partial charge in [0.2, 0.25) is 23.6 Å². The number of carboxylic acids is 1. The van der Waals surface area contributed by atoms with Crippen molar-refractivity contribution in [1.29, 1.82) is 0 Å². The molecule has 0 aromatic carbocycles. The Hall–Kier alpha value is -4.50. The Balaban J connectivity index is 3.22. The number of nitrogens with two attached hydrogens (primary N) is 2. The number of aliphatic hydroxyl groups is 3. The highest BCUT2D eigenvalue weighted by atomic mass is 16.4. The number of hydrazone groups is 1. The fourth-order valence-electron chi connectivity index (χ4n) is 4.48. The summed E-state index contributed by atoms with van der Waals surface area (Å²) in [5.74, 6) is -7.01. The van der Waals surface area contributed by atoms with Crippen molar-refractivity contribution in [2.24, 2.45) is 22.5 Å². The van der Waals surface area contributed by atoms with Crippen LogP contribution in [0.2, 0.25) is 0 Å². The predicted octanol–water partition coefficient (Wildman–Crippen LogP) is -4.52. The summed E-state index contributed by atoms with van der Waals surface area (Å²) in [7, 11) is 0. The number of hydrogen-bond donors (Lipinski definition) is 11. The molecule has 0 saturated carbocycles. The number of allylic oxidation sites excluding steroid dienone is 1. The number of aliphatic hydroxyl groups excluding tert-OH is 3. The lowest BCUT2D eigenvalue weighted by atomic mass is 10.0. The van der Waals surface area contributed by atoms with Crippen LogP contribution in [-0.4, -0.2) is 135 Å². The molecule has 0 unspecified atom stereocenters. The quantitative estimate of drug-likeness (QED) is 0.0597. The maximum absolute atomic E-state index is 13.7. The van der Waals surface area contributed by atoms with Crippen molar-refractivity contribution < 1.29 is 54.0 Å². The van der Waals surface area contributed by atoms with Crippen molar-refractivity contribution in [3.63, 3.8) is 0 Å². The van der Waals surface area contributed by atoms with Crippen LogP contribution in [0.25, 0.3) is 0 Å². The van der Waals surface area contributed by atoms with Crippen molar-refractivity contribution >= 4 is 47.6 Å². The molecule has 1 heterocycles. The molecule has 1 aliphatic rings. The normalized spacial score (nSPS) is 17.4. The molecule has 0 bridgehead atoms. The van der Waals surface area contributed by atoms with Gasteiger partial charge >= 0.3 is 5.97 Å². The van der Waals surface area contributed by atoms with Gasteiger partial charge in [0.15, 0.2) is 6.04 Å². The molecular formula is C30H51N9O11. The molecule has 1 aliphatic heterocycles. The summed E-state index contributed by atoms with van der Waals surface area (Å²) >= 11 is 0. The molecule has 0 aromatic rings. The van der Waals surface area contributed by atoms with Crippen molar-refractivity contribution in [1.82, 2.24) is 31.6 Å². The molecule has 0 spiro atoms. The van der Waals surface area contributed by atoms with Gasteiger partial charge in [-0.1, -0.05) is 13.8 Å². The number of carbonyl (C=O) groups excluding carboxylic acids is 6. The number of rotatable bonds is 18. The molecule has 20 heteroatoms. The molecular weight excluding hydrogens is 662 g/mol. The maximum atomic E-state index is 13.7. The molecule has 1 rings (SSSR count). The zero-order valence-corrected chi connectivity index (χ0v) is 29.1. The van der Waals surface area contributed by atoms with E-state index in [0.717, 1.165) is 5.01 Å². The van der Waals surface area contributed by atoms with E-state index >= 15 is 0 Å². The summed E-state index contributed by atoms with van der Waals surface area (Å²) in [6.07, 6.45) is 1.81. The van der Waals surface area contributed by atoms with Crippen molar-refractivity contribution in [3.8, 4) is 0 Å². The van der Waals surface area contributed by atoms with Crippen molar-refractivity contribution in [2.45, 2.75) is 103 Å². The first-order valence-corrected chi connectivity index (χ1v) is 15.9. The molecule has 0 saturated heterocycles. The highest BCUT2D eigenvalue weighted by Crippen LogP contribution is 2.17. The Morgan fingerprint density at radius 1 is 0.920 bits per heavy atom. The lowest BCUT2D eigenvalue weighted by Crippen LogP contribution is -2.64. The van der Waals surface area contributed by atoms with Crippen molar-refractivity contribution in [3.05, 3.63) is 11.3 Å². The third-order valence-corrected chi connectivity index (χ3v) is 7.55. The van der Waals surface area contributed by atoms with Crippen LogP contribution < -0.4 is 38.1 Å². The average molecular weight is 714 g/mol. The third kappa shape index (κ3) is 12.1. The minimum Gasteiger partial charge on any atom is -0.480 e. The lowest BCUT2D eigenvalue weighted by molar-refractivity contribution is -0.145. The van der Waals surface area contributed by atoms with Crippen LogP contribution in [0.4, 0.5) is 0 Å². The largest absolute Gasteiger partial charge is 0.480 e. The van der Waals surface area contributed by atoms with Gasteiger partial charge in [-0.05, 0) is 58.4 Å². The Bertz CT molecular complexity index is 1330. The van der Waals surface area contributed by atoms with E-state index in [9.17, 15) is 54.0 Å². The van der Waals surface area contributed by atoms with E-state index in [-0.39, 0.29) is 30.9 Å². The first-order chi connectivity index (χ1) is 23.2. The van der Waals surface area contributed by atoms with Crippen LogP contribution in [0.5, 0.6) is 0 Å². The van der Waals surface area contributed by atoms with Gasteiger partial charge in [0, 0.05) is 12.3 Å². The highest BCUT2D eigenvalue weighted by molar-refractivity contribution is 6.02. The summed E-state index contributed by atoms with van der Waals surface area (Å²) in [4.78, 5) is 90.2. The van der Waals surface area contributed by atoms with E-state index in [1.165, 1.54) is 33.9 Å². The lowest BCUT2D eigenvalue weighted by Gasteiger charge is -2.34. The van der Waals surface area contributed by atoms with Crippen LogP contribution in [-0.2, 0) is 33.6 Å². The average Bonchev–Trinajstić information content (AvgIpc) is 3.06. The minimum atomic E-state index is -2.07. The molecule has 6 atom stereocenters. The molecule has 0 radical (unpaired) electrons. The Morgan fingerprint density at radius 2 is 1.52 bits per heavy atom. The molecule has 13 N–H and O–H groups in total. The second kappa shape index (κ2) is 19.6. The fraction of sp³-hybridized carbons (Fsp3) is 0.667. The SMILES string of the molecule is CC(C)=C(NC(=O)[C@H](CC(C)C)NC(=O)[C@@H]1CCC=NN1C(=O)[C@H](NC(=O)[C@@H](C)NC(=O)C(N)(CO)CO)[C@@H](C)N)C(=O)N[C@@H](CO)C(=O)O. The number of carbonyl (C=O) groups is 7. The number of nitrogens with zero attached hydrogens (tertiary/aromatic N) is 2. The van der Waals surface area contributed by atoms with Crippen LogP contribution >= 0.6 is 0 Å². The van der Waals surface area contributed by atoms with Crippen LogP contribution in [0.15, 0.2) is 16.4 Å². The number of nitrogens with one attached hydrogen (secondary N) is 5. The Morgan fingerprint density at radius 3 is 2.00 bits per heavy atom. The first kappa shape index (κ1) is 43.5. The van der Waals surface area contributed by atoms with Gasteiger partial charge in [-0.3, -0.25) is 28.8 Å². The minimum absolute atomic E-state index is 0.0729. The van der Waals surface area contributed by atoms with Crippen molar-refractivity contribution in [2.75, 3.05) is 19.8 Å². The van der Waals surface area contributed by atoms with Gasteiger partial charge in [-0.25, -0.2) is 9.80 Å². The van der Waals surface area contributed by atoms with Gasteiger partial charge in [0.05, 0.1) is 19.8 Å². The second-order valence-corrected chi connectivity index (χ2v) is 12.7. The van der Waals surface area contributed by atoms with E-state index < -0.39 is 103 Å². The summed E-state index contributed by atoms with van der Waals surface area (Å²) in [6.45, 7) is 6.49. The smallest absolute Gasteiger partial charge is 0.328 e. The number of amides is 6. The second-order valence-electron chi connectivity index (χ2n) is 12.7. The van der Waals surface area contributed by atoms with Gasteiger partial charge in [0.25, 0.3) is 11.8 Å². The molecule has 0 aromatic heterocycles. The highest BCUT2D eigenvalue weighted by Gasteiger charge is 2.40. The molecule has 0 aliphatic carbocycles. The van der Waals surface area contributed by atoms with Gasteiger partial charge in [-0.15, -0.1) is 0 Å². The zero-order chi connectivity index (χ0) is 38.5. The van der Waals surface area contributed by atoms with Gasteiger partial charge in [0.1, 0.15) is 35.4 Å². The maximum Gasteiger partial charge on any atom is 0.328 e. The number of aliphatic carboxylic acids is 1. The van der Waals surface area contributed by atoms with E-state index in [1.807, 2.05) is 0 Å². The van der Waals surface area contributed by atoms with Crippen LogP contribution in [0.3, 0.4) is 0 Å². The first-order valence-electron chi connectivity index (χ1n) is 15.9. The Labute approximate surface area is 289 Å². The fourth-order valence-corrected chi connectivity index (χ4v) is 4.48. The standard InChI is InChI=1S/C30H51N9O11/c1-14(2)10-18(24(44)37-21(15(3)4)26(46)36-19(11-40)28(48)49)35-25(45)20-8-7-9-33-39(20)27(47)22(16(5)31)38-23(43)17(6)34-29(50)30(32,12-41)13-42/h9,14,16-20,22,40-42H,7-8,10-13,31-32H2,1-6H3,(H,34,50)(H,35,45)(H,36,46)(H,37,44)(H,38,43)(H,48,49)/t16-,17-,18+,19+,20+,22-/m1/s1. The van der Waals surface area contributed by atoms with Crippen LogP contribution in [0.1, 0.15) is 60.8 Å². The predicted molar refractivity (Wildman–Crippen MR) is 177 cm³/mol. The van der Waals surface area contributed by atoms with E-state index in [0.29, 0.717) is 5.57 Å². The summed E-state index contributed by atoms with van der Waals surface area (Å²) in [5.41, 5.74) is 9.61. The van der Waals surface area contributed by atoms with E-state index in [2.05, 4.69) is 31.7 Å². The van der Waals surface area contributed by atoms with Crippen LogP contribution in [0, 0.1) is 5.92 Å². The van der Waals surface area contributed by atoms with E-state index in [1.54, 1.807) is 13.8 Å². The topological polar surface area (TPSA) is 328 Å². The van der Waals surface area contributed by atoms with E-state index in [4.69, 9.17) is 11.5 Å². The monoisotopic (exact) mass is 713 g/mol. The zero-order valence-electron chi connectivity index (χ0n) is 29.1. The molecule has 20 nitrogen and oxygen atoms in total. The summed E-state index contributed by atoms with van der Waals surface area (Å²) in [5, 5.41) is 53.9.